The minimum atomic E-state index is -3.77. The fourth-order valence-electron chi connectivity index (χ4n) is 7.21. The molecular formula is C45H69N11O12S. The summed E-state index contributed by atoms with van der Waals surface area (Å²) in [4.78, 5) is 149. The lowest BCUT2D eigenvalue weighted by Gasteiger charge is -2.31. The molecule has 13 N–H and O–H groups in total. The number of methoxy groups -OCH3 is 1. The van der Waals surface area contributed by atoms with Crippen molar-refractivity contribution >= 4 is 76.7 Å². The maximum atomic E-state index is 14.6. The minimum absolute atomic E-state index is 0.0424. The van der Waals surface area contributed by atoms with E-state index in [4.69, 9.17) is 31.5 Å². The zero-order valence-electron chi connectivity index (χ0n) is 46.0. The Morgan fingerprint density at radius 1 is 0.884 bits per heavy atom. The molecule has 24 heteroatoms. The van der Waals surface area contributed by atoms with Crippen LogP contribution >= 0.6 is 11.8 Å². The quantitative estimate of drug-likeness (QED) is 0.0728. The SMILES string of the molecule is [2H]C([2H])([2H])C([2H])(C)C([2H])([2H])[C@@]([2H])(NC(=O)[C@@H]1CCCN1C(=O)[C@@H]1CSCCCC(=O)N[C@@H](Cc2ccc(OC)cc2)C(=O)N[C@@H]([C@@H](C)CC)C(=O)N[C@@H](CCC(N)=O)C(=O)N[C@@H](CC(N)=O)C(=O)N1)C(=O)NCC(N)=O. The third-order valence-corrected chi connectivity index (χ3v) is 12.2. The van der Waals surface area contributed by atoms with Crippen LogP contribution in [-0.2, 0) is 59.2 Å². The second kappa shape index (κ2) is 28.1. The van der Waals surface area contributed by atoms with Gasteiger partial charge >= 0.3 is 0 Å². The van der Waals surface area contributed by atoms with Crippen LogP contribution in [0.5, 0.6) is 5.75 Å². The molecule has 382 valence electrons. The van der Waals surface area contributed by atoms with Crippen LogP contribution in [0, 0.1) is 11.8 Å². The van der Waals surface area contributed by atoms with Crippen LogP contribution in [0.25, 0.3) is 0 Å². The van der Waals surface area contributed by atoms with Crippen molar-refractivity contribution in [2.45, 2.75) is 134 Å². The normalized spacial score (nSPS) is 26.3. The molecule has 2 fully saturated rings. The van der Waals surface area contributed by atoms with Gasteiger partial charge in [0.15, 0.2) is 0 Å². The van der Waals surface area contributed by atoms with Gasteiger partial charge in [0.2, 0.25) is 65.0 Å². The number of primary amides is 3. The fraction of sp³-hybridized carbons (Fsp3) is 0.622. The molecule has 0 aliphatic carbocycles. The molecule has 2 aliphatic rings. The zero-order chi connectivity index (χ0) is 57.5. The number of amides is 11. The fourth-order valence-corrected chi connectivity index (χ4v) is 8.19. The summed E-state index contributed by atoms with van der Waals surface area (Å²) in [6.45, 7) is -0.777. The summed E-state index contributed by atoms with van der Waals surface area (Å²) in [7, 11) is 1.47. The lowest BCUT2D eigenvalue weighted by atomic mass is 9.96. The van der Waals surface area contributed by atoms with E-state index in [1.165, 1.54) is 7.11 Å². The smallest absolute Gasteiger partial charge is 0.246 e. The second-order valence-corrected chi connectivity index (χ2v) is 17.7. The van der Waals surface area contributed by atoms with Crippen LogP contribution in [-0.4, -0.2) is 144 Å². The minimum Gasteiger partial charge on any atom is -0.497 e. The van der Waals surface area contributed by atoms with E-state index >= 15 is 0 Å². The van der Waals surface area contributed by atoms with Gasteiger partial charge in [-0.25, -0.2) is 0 Å². The molecule has 2 aliphatic heterocycles. The predicted octanol–water partition coefficient (Wildman–Crippen LogP) is -2.50. The van der Waals surface area contributed by atoms with Crippen molar-refractivity contribution in [3.8, 4) is 5.75 Å². The number of likely N-dealkylation sites (tertiary alicyclic amines) is 1. The summed E-state index contributed by atoms with van der Waals surface area (Å²) in [5, 5.41) is 16.5. The van der Waals surface area contributed by atoms with E-state index in [2.05, 4.69) is 26.6 Å². The average Bonchev–Trinajstić information content (AvgIpc) is 3.84. The summed E-state index contributed by atoms with van der Waals surface area (Å²) >= 11 is 1.03. The van der Waals surface area contributed by atoms with Gasteiger partial charge in [-0.05, 0) is 67.3 Å². The first-order chi connectivity index (χ1) is 35.3. The largest absolute Gasteiger partial charge is 0.497 e. The van der Waals surface area contributed by atoms with Crippen LogP contribution in [0.15, 0.2) is 24.3 Å². The van der Waals surface area contributed by atoms with Crippen molar-refractivity contribution in [3.63, 3.8) is 0 Å². The maximum Gasteiger partial charge on any atom is 0.246 e. The van der Waals surface area contributed by atoms with Crippen LogP contribution in [0.1, 0.15) is 101 Å². The number of benzene rings is 1. The standard InChI is InChI=1S/C45H69N11O12S/c1-6-25(4)38-44(66)51-28(15-16-34(46)57)40(62)52-31(21-35(47)58)41(63)54-32(23-69-18-8-10-37(60)50-30(42(64)55-38)20-26-11-13-27(68-5)14-12-26)45(67)56-17-7-9-33(56)43(65)53-29(19-24(2)3)39(61)49-22-36(48)59/h11-14,24-25,28-33,38H,6-10,15-23H2,1-5H3,(H2,46,57)(H2,47,58)(H2,48,59)(H,49,61)(H,50,60)(H,51,66)(H,52,62)(H,53,65)(H,54,63)(H,55,64)/t25-,28-,29+,30-,31-,32-,33-,38-/m0/s1/i2D3,19D2,24D,29D/t24?,25-,28-,29+,30-,31-,32-,33-,38-. The number of nitrogens with two attached hydrogens (primary N) is 3. The van der Waals surface area contributed by atoms with Gasteiger partial charge in [-0.3, -0.25) is 52.7 Å². The van der Waals surface area contributed by atoms with Crippen molar-refractivity contribution in [1.29, 1.82) is 0 Å². The Labute approximate surface area is 415 Å². The number of thioether (sulfide) groups is 1. The number of hydrogen-bond donors (Lipinski definition) is 10. The number of nitrogens with one attached hydrogen (secondary N) is 7. The molecule has 0 saturated carbocycles. The first-order valence-electron chi connectivity index (χ1n) is 25.8. The van der Waals surface area contributed by atoms with E-state index in [-0.39, 0.29) is 50.2 Å². The summed E-state index contributed by atoms with van der Waals surface area (Å²) in [6, 6.07) is -6.39. The molecule has 0 spiro atoms. The third-order valence-electron chi connectivity index (χ3n) is 11.0. The second-order valence-electron chi connectivity index (χ2n) is 16.5. The van der Waals surface area contributed by atoms with E-state index in [9.17, 15) is 52.7 Å². The summed E-state index contributed by atoms with van der Waals surface area (Å²) in [6.07, 6.45) is -5.48. The van der Waals surface area contributed by atoms with Gasteiger partial charge in [0.1, 0.15) is 48.0 Å². The number of carbonyl (C=O) groups is 11. The molecule has 1 aromatic carbocycles. The summed E-state index contributed by atoms with van der Waals surface area (Å²) < 4.78 is 63.5. The van der Waals surface area contributed by atoms with Crippen molar-refractivity contribution < 1.29 is 67.1 Å². The molecule has 9 atom stereocenters. The molecule has 0 aromatic heterocycles. The van der Waals surface area contributed by atoms with Crippen molar-refractivity contribution in [1.82, 2.24) is 42.1 Å². The summed E-state index contributed by atoms with van der Waals surface area (Å²) in [5.41, 5.74) is 16.6. The molecule has 0 bridgehead atoms. The van der Waals surface area contributed by atoms with E-state index < -0.39 is 158 Å². The molecule has 2 heterocycles. The number of hydrogen-bond acceptors (Lipinski definition) is 13. The van der Waals surface area contributed by atoms with E-state index in [0.29, 0.717) is 24.7 Å². The van der Waals surface area contributed by atoms with Gasteiger partial charge in [0.25, 0.3) is 0 Å². The maximum absolute atomic E-state index is 14.6. The number of carbonyl (C=O) groups excluding carboxylic acids is 11. The van der Waals surface area contributed by atoms with Gasteiger partial charge in [0.05, 0.1) is 21.4 Å². The van der Waals surface area contributed by atoms with Gasteiger partial charge in [-0.2, -0.15) is 11.8 Å². The van der Waals surface area contributed by atoms with Crippen molar-refractivity contribution in [2.75, 3.05) is 31.7 Å². The van der Waals surface area contributed by atoms with Crippen LogP contribution in [0.4, 0.5) is 0 Å². The van der Waals surface area contributed by atoms with Crippen molar-refractivity contribution in [3.05, 3.63) is 29.8 Å². The monoisotopic (exact) mass is 995 g/mol. The highest BCUT2D eigenvalue weighted by Crippen LogP contribution is 2.22. The molecule has 3 rings (SSSR count). The van der Waals surface area contributed by atoms with Gasteiger partial charge < -0.3 is 64.1 Å². The van der Waals surface area contributed by atoms with Gasteiger partial charge in [-0.1, -0.05) is 46.2 Å². The molecular weight excluding hydrogens is 919 g/mol. The average molecular weight is 995 g/mol. The van der Waals surface area contributed by atoms with E-state index in [1.54, 1.807) is 38.1 Å². The Morgan fingerprint density at radius 3 is 2.17 bits per heavy atom. The molecule has 69 heavy (non-hydrogen) atoms. The van der Waals surface area contributed by atoms with E-state index in [1.807, 2.05) is 10.6 Å². The first kappa shape index (κ1) is 46.3. The Kier molecular flexibility index (Phi) is 18.9. The molecule has 0 radical (unpaired) electrons. The Balaban J connectivity index is 2.11. The van der Waals surface area contributed by atoms with Gasteiger partial charge in [0, 0.05) is 39.8 Å². The Hall–Kier alpha value is -6.46. The highest BCUT2D eigenvalue weighted by atomic mass is 32.2. The van der Waals surface area contributed by atoms with Gasteiger partial charge in [-0.15, -0.1) is 0 Å². The summed E-state index contributed by atoms with van der Waals surface area (Å²) in [5.74, 6) is -15.4. The topological polar surface area (TPSA) is 363 Å². The lowest BCUT2D eigenvalue weighted by Crippen LogP contribution is -2.61. The number of rotatable bonds is 18. The van der Waals surface area contributed by atoms with Crippen molar-refractivity contribution in [2.24, 2.45) is 29.0 Å². The van der Waals surface area contributed by atoms with E-state index in [0.717, 1.165) is 16.7 Å². The van der Waals surface area contributed by atoms with Crippen LogP contribution in [0.2, 0.25) is 0 Å². The molecule has 23 nitrogen and oxygen atoms in total. The molecule has 1 unspecified atom stereocenters. The Morgan fingerprint density at radius 2 is 1.55 bits per heavy atom. The zero-order valence-corrected chi connectivity index (χ0v) is 39.8. The predicted molar refractivity (Wildman–Crippen MR) is 253 cm³/mol. The van der Waals surface area contributed by atoms with Crippen LogP contribution in [0.3, 0.4) is 0 Å². The molecule has 11 amide bonds. The first-order valence-corrected chi connectivity index (χ1v) is 23.4. The molecule has 2 saturated heterocycles. The lowest BCUT2D eigenvalue weighted by molar-refractivity contribution is -0.142. The number of ether oxygens (including phenoxy) is 1. The molecule has 1 aromatic rings. The highest BCUT2D eigenvalue weighted by molar-refractivity contribution is 7.99. The van der Waals surface area contributed by atoms with Crippen LogP contribution < -0.4 is 59.2 Å². The number of nitrogens with zero attached hydrogens (tertiary/aromatic N) is 1. The highest BCUT2D eigenvalue weighted by Gasteiger charge is 2.40. The Bertz CT molecular complexity index is 2340. The third kappa shape index (κ3) is 18.9.